The minimum absolute atomic E-state index is 0.00685. The summed E-state index contributed by atoms with van der Waals surface area (Å²) in [4.78, 5) is 0. The molecule has 24 heavy (non-hydrogen) atoms. The summed E-state index contributed by atoms with van der Waals surface area (Å²) in [5, 5.41) is 15.2. The van der Waals surface area contributed by atoms with Crippen LogP contribution in [-0.4, -0.2) is 24.8 Å². The van der Waals surface area contributed by atoms with Gasteiger partial charge in [0.2, 0.25) is 0 Å². The fourth-order valence-electron chi connectivity index (χ4n) is 3.88. The molecule has 1 aliphatic rings. The topological polar surface area (TPSA) is 41.5 Å². The molecule has 1 fully saturated rings. The standard InChI is InChI=1S/C21H27NO2/c1-21(23,17-11-13-18(24-2)14-12-17)20(16-8-4-3-5-9-16)19-10-6-7-15-22-19/h3-5,8-9,11-14,19-20,22-23H,6-7,10,15H2,1-2H3/t19-,20+,21+/m0/s1. The summed E-state index contributed by atoms with van der Waals surface area (Å²) >= 11 is 0. The van der Waals surface area contributed by atoms with Crippen LogP contribution in [-0.2, 0) is 5.60 Å². The van der Waals surface area contributed by atoms with Gasteiger partial charge in [0.05, 0.1) is 12.7 Å². The molecule has 3 heteroatoms. The number of benzene rings is 2. The molecule has 3 atom stereocenters. The second-order valence-corrected chi connectivity index (χ2v) is 6.82. The molecule has 3 rings (SSSR count). The Balaban J connectivity index is 1.98. The second kappa shape index (κ2) is 7.37. The van der Waals surface area contributed by atoms with E-state index in [0.717, 1.165) is 24.3 Å². The van der Waals surface area contributed by atoms with Gasteiger partial charge in [-0.2, -0.15) is 0 Å². The zero-order chi connectivity index (χ0) is 17.0. The Morgan fingerprint density at radius 1 is 1.08 bits per heavy atom. The third-order valence-corrected chi connectivity index (χ3v) is 5.19. The summed E-state index contributed by atoms with van der Waals surface area (Å²) in [5.74, 6) is 0.814. The molecule has 1 saturated heterocycles. The maximum absolute atomic E-state index is 11.5. The lowest BCUT2D eigenvalue weighted by Crippen LogP contribution is -2.47. The fraction of sp³-hybridized carbons (Fsp3) is 0.429. The Morgan fingerprint density at radius 2 is 1.79 bits per heavy atom. The highest BCUT2D eigenvalue weighted by Crippen LogP contribution is 2.41. The summed E-state index contributed by atoms with van der Waals surface area (Å²) in [6.07, 6.45) is 3.51. The number of aliphatic hydroxyl groups is 1. The number of rotatable bonds is 5. The SMILES string of the molecule is COc1ccc([C@@](C)(O)[C@H](c2ccccc2)[C@@H]2CCCCN2)cc1. The van der Waals surface area contributed by atoms with Crippen LogP contribution in [0.15, 0.2) is 54.6 Å². The lowest BCUT2D eigenvalue weighted by atomic mass is 9.72. The molecule has 0 saturated carbocycles. The Kier molecular flexibility index (Phi) is 5.22. The van der Waals surface area contributed by atoms with Crippen molar-refractivity contribution in [3.8, 4) is 5.75 Å². The minimum atomic E-state index is -0.956. The van der Waals surface area contributed by atoms with Crippen molar-refractivity contribution in [3.05, 3.63) is 65.7 Å². The average Bonchev–Trinajstić information content (AvgIpc) is 2.63. The summed E-state index contributed by atoms with van der Waals surface area (Å²) in [5.41, 5.74) is 1.14. The van der Waals surface area contributed by atoms with E-state index < -0.39 is 5.60 Å². The van der Waals surface area contributed by atoms with Gasteiger partial charge >= 0.3 is 0 Å². The van der Waals surface area contributed by atoms with E-state index >= 15 is 0 Å². The van der Waals surface area contributed by atoms with Crippen LogP contribution in [0.5, 0.6) is 5.75 Å². The van der Waals surface area contributed by atoms with Crippen LogP contribution in [0.3, 0.4) is 0 Å². The molecule has 0 unspecified atom stereocenters. The van der Waals surface area contributed by atoms with E-state index in [9.17, 15) is 5.11 Å². The average molecular weight is 325 g/mol. The lowest BCUT2D eigenvalue weighted by Gasteiger charge is -2.41. The molecular weight excluding hydrogens is 298 g/mol. The van der Waals surface area contributed by atoms with E-state index in [1.807, 2.05) is 37.3 Å². The van der Waals surface area contributed by atoms with Gasteiger partial charge in [-0.3, -0.25) is 0 Å². The van der Waals surface area contributed by atoms with E-state index in [1.54, 1.807) is 7.11 Å². The van der Waals surface area contributed by atoms with E-state index in [0.29, 0.717) is 0 Å². The zero-order valence-corrected chi connectivity index (χ0v) is 14.5. The van der Waals surface area contributed by atoms with Gasteiger partial charge < -0.3 is 15.2 Å². The monoisotopic (exact) mass is 325 g/mol. The highest BCUT2D eigenvalue weighted by molar-refractivity contribution is 5.35. The molecule has 0 spiro atoms. The van der Waals surface area contributed by atoms with Crippen LogP contribution < -0.4 is 10.1 Å². The van der Waals surface area contributed by atoms with Crippen molar-refractivity contribution >= 4 is 0 Å². The molecule has 128 valence electrons. The quantitative estimate of drug-likeness (QED) is 0.878. The van der Waals surface area contributed by atoms with Gasteiger partial charge in [-0.25, -0.2) is 0 Å². The number of hydrogen-bond acceptors (Lipinski definition) is 3. The predicted octanol–water partition coefficient (Wildman–Crippen LogP) is 3.83. The van der Waals surface area contributed by atoms with Crippen molar-refractivity contribution in [2.75, 3.05) is 13.7 Å². The van der Waals surface area contributed by atoms with Gasteiger partial charge in [-0.1, -0.05) is 48.9 Å². The summed E-state index contributed by atoms with van der Waals surface area (Å²) in [7, 11) is 1.66. The second-order valence-electron chi connectivity index (χ2n) is 6.82. The number of ether oxygens (including phenoxy) is 1. The highest BCUT2D eigenvalue weighted by Gasteiger charge is 2.40. The van der Waals surface area contributed by atoms with Crippen LogP contribution in [0.25, 0.3) is 0 Å². The molecule has 0 radical (unpaired) electrons. The van der Waals surface area contributed by atoms with Crippen LogP contribution in [0.4, 0.5) is 0 Å². The molecule has 3 nitrogen and oxygen atoms in total. The maximum Gasteiger partial charge on any atom is 0.118 e. The number of piperidine rings is 1. The van der Waals surface area contributed by atoms with E-state index in [-0.39, 0.29) is 12.0 Å². The first-order valence-corrected chi connectivity index (χ1v) is 8.78. The van der Waals surface area contributed by atoms with Gasteiger partial charge in [0.25, 0.3) is 0 Å². The molecule has 2 aromatic carbocycles. The first-order valence-electron chi connectivity index (χ1n) is 8.78. The smallest absolute Gasteiger partial charge is 0.118 e. The van der Waals surface area contributed by atoms with E-state index in [4.69, 9.17) is 4.74 Å². The van der Waals surface area contributed by atoms with Crippen molar-refractivity contribution < 1.29 is 9.84 Å². The van der Waals surface area contributed by atoms with Crippen molar-refractivity contribution in [1.82, 2.24) is 5.32 Å². The molecule has 2 N–H and O–H groups in total. The zero-order valence-electron chi connectivity index (χ0n) is 14.5. The van der Waals surface area contributed by atoms with Crippen molar-refractivity contribution in [1.29, 1.82) is 0 Å². The summed E-state index contributed by atoms with van der Waals surface area (Å²) in [6, 6.07) is 18.4. The Morgan fingerprint density at radius 3 is 2.38 bits per heavy atom. The molecule has 1 heterocycles. The molecule has 1 aliphatic heterocycles. The van der Waals surface area contributed by atoms with Gasteiger partial charge in [-0.05, 0) is 49.6 Å². The largest absolute Gasteiger partial charge is 0.497 e. The van der Waals surface area contributed by atoms with E-state index in [2.05, 4.69) is 29.6 Å². The Hall–Kier alpha value is -1.84. The molecule has 2 aromatic rings. The lowest BCUT2D eigenvalue weighted by molar-refractivity contribution is 0.00894. The summed E-state index contributed by atoms with van der Waals surface area (Å²) in [6.45, 7) is 2.95. The van der Waals surface area contributed by atoms with Crippen LogP contribution >= 0.6 is 0 Å². The van der Waals surface area contributed by atoms with Crippen molar-refractivity contribution in [2.24, 2.45) is 0 Å². The molecule has 0 aromatic heterocycles. The number of nitrogens with one attached hydrogen (secondary N) is 1. The van der Waals surface area contributed by atoms with Crippen LogP contribution in [0.2, 0.25) is 0 Å². The van der Waals surface area contributed by atoms with Gasteiger partial charge in [0, 0.05) is 12.0 Å². The van der Waals surface area contributed by atoms with Crippen LogP contribution in [0.1, 0.15) is 43.2 Å². The number of hydrogen-bond donors (Lipinski definition) is 2. The van der Waals surface area contributed by atoms with E-state index in [1.165, 1.54) is 18.4 Å². The predicted molar refractivity (Wildman–Crippen MR) is 97.4 cm³/mol. The van der Waals surface area contributed by atoms with Gasteiger partial charge in [-0.15, -0.1) is 0 Å². The van der Waals surface area contributed by atoms with Gasteiger partial charge in [0.1, 0.15) is 5.75 Å². The normalized spacial score (nSPS) is 21.7. The molecule has 0 amide bonds. The molecular formula is C21H27NO2. The maximum atomic E-state index is 11.5. The highest BCUT2D eigenvalue weighted by atomic mass is 16.5. The molecule has 0 aliphatic carbocycles. The van der Waals surface area contributed by atoms with Gasteiger partial charge in [0.15, 0.2) is 0 Å². The third-order valence-electron chi connectivity index (χ3n) is 5.19. The Bertz CT molecular complexity index is 631. The third kappa shape index (κ3) is 3.47. The fourth-order valence-corrected chi connectivity index (χ4v) is 3.88. The minimum Gasteiger partial charge on any atom is -0.497 e. The first-order chi connectivity index (χ1) is 11.6. The summed E-state index contributed by atoms with van der Waals surface area (Å²) < 4.78 is 5.25. The first kappa shape index (κ1) is 17.0. The number of methoxy groups -OCH3 is 1. The van der Waals surface area contributed by atoms with Crippen LogP contribution in [0, 0.1) is 0 Å². The van der Waals surface area contributed by atoms with Crippen molar-refractivity contribution in [2.45, 2.75) is 43.7 Å². The van der Waals surface area contributed by atoms with Crippen molar-refractivity contribution in [3.63, 3.8) is 0 Å². The molecule has 0 bridgehead atoms. The Labute approximate surface area is 144 Å².